The second-order valence-electron chi connectivity index (χ2n) is 4.24. The van der Waals surface area contributed by atoms with Gasteiger partial charge in [0.25, 0.3) is 0 Å². The molecule has 0 aromatic heterocycles. The minimum absolute atomic E-state index is 0.261. The zero-order chi connectivity index (χ0) is 11.3. The maximum absolute atomic E-state index is 11.9. The van der Waals surface area contributed by atoms with Gasteiger partial charge in [-0.25, -0.2) is 12.7 Å². The summed E-state index contributed by atoms with van der Waals surface area (Å²) in [5, 5.41) is 3.32. The molecule has 1 aliphatic rings. The van der Waals surface area contributed by atoms with E-state index in [1.165, 1.54) is 0 Å². The summed E-state index contributed by atoms with van der Waals surface area (Å²) in [5.74, 6) is 0.288. The van der Waals surface area contributed by atoms with Gasteiger partial charge in [-0.2, -0.15) is 0 Å². The Morgan fingerprint density at radius 2 is 2.20 bits per heavy atom. The third-order valence-electron chi connectivity index (χ3n) is 2.70. The van der Waals surface area contributed by atoms with Crippen LogP contribution in [0.5, 0.6) is 0 Å². The van der Waals surface area contributed by atoms with Gasteiger partial charge in [-0.1, -0.05) is 13.3 Å². The highest BCUT2D eigenvalue weighted by atomic mass is 32.2. The molecule has 1 unspecified atom stereocenters. The Kier molecular flexibility index (Phi) is 5.02. The lowest BCUT2D eigenvalue weighted by molar-refractivity contribution is 0.348. The zero-order valence-corrected chi connectivity index (χ0v) is 10.5. The molecule has 0 radical (unpaired) electrons. The smallest absolute Gasteiger partial charge is 0.214 e. The van der Waals surface area contributed by atoms with E-state index in [2.05, 4.69) is 12.2 Å². The predicted octanol–water partition coefficient (Wildman–Crippen LogP) is 0.800. The van der Waals surface area contributed by atoms with Gasteiger partial charge in [0.05, 0.1) is 5.75 Å². The molecule has 0 saturated carbocycles. The number of rotatable bonds is 3. The molecule has 15 heavy (non-hydrogen) atoms. The van der Waals surface area contributed by atoms with Crippen LogP contribution in [0.3, 0.4) is 0 Å². The third kappa shape index (κ3) is 4.09. The molecule has 1 aliphatic heterocycles. The molecule has 0 aliphatic carbocycles. The molecule has 1 N–H and O–H groups in total. The fourth-order valence-corrected chi connectivity index (χ4v) is 3.41. The van der Waals surface area contributed by atoms with Crippen LogP contribution in [0.4, 0.5) is 0 Å². The highest BCUT2D eigenvalue weighted by Gasteiger charge is 2.24. The van der Waals surface area contributed by atoms with Crippen LogP contribution in [0.1, 0.15) is 33.1 Å². The Balaban J connectivity index is 2.65. The van der Waals surface area contributed by atoms with Gasteiger partial charge in [0.1, 0.15) is 0 Å². The minimum Gasteiger partial charge on any atom is -0.313 e. The largest absolute Gasteiger partial charge is 0.313 e. The summed E-state index contributed by atoms with van der Waals surface area (Å²) in [6.45, 7) is 6.22. The molecule has 1 rings (SSSR count). The van der Waals surface area contributed by atoms with Crippen molar-refractivity contribution in [3.8, 4) is 0 Å². The second-order valence-corrected chi connectivity index (χ2v) is 6.32. The van der Waals surface area contributed by atoms with E-state index in [1.807, 2.05) is 6.92 Å². The maximum atomic E-state index is 11.9. The van der Waals surface area contributed by atoms with Gasteiger partial charge in [-0.3, -0.25) is 0 Å². The van der Waals surface area contributed by atoms with E-state index in [9.17, 15) is 8.42 Å². The van der Waals surface area contributed by atoms with Crippen LogP contribution in [-0.2, 0) is 10.0 Å². The van der Waals surface area contributed by atoms with E-state index in [0.29, 0.717) is 13.1 Å². The van der Waals surface area contributed by atoms with Crippen LogP contribution >= 0.6 is 0 Å². The van der Waals surface area contributed by atoms with E-state index in [-0.39, 0.29) is 11.8 Å². The monoisotopic (exact) mass is 234 g/mol. The maximum Gasteiger partial charge on any atom is 0.214 e. The molecular formula is C10H22N2O2S. The Morgan fingerprint density at radius 3 is 2.87 bits per heavy atom. The number of hydrogen-bond acceptors (Lipinski definition) is 3. The highest BCUT2D eigenvalue weighted by molar-refractivity contribution is 7.89. The molecule has 5 heteroatoms. The van der Waals surface area contributed by atoms with Crippen molar-refractivity contribution in [2.75, 3.05) is 25.4 Å². The van der Waals surface area contributed by atoms with Crippen molar-refractivity contribution in [1.82, 2.24) is 9.62 Å². The van der Waals surface area contributed by atoms with Crippen LogP contribution in [0.2, 0.25) is 0 Å². The summed E-state index contributed by atoms with van der Waals surface area (Å²) in [4.78, 5) is 0. The summed E-state index contributed by atoms with van der Waals surface area (Å²) in [6, 6.07) is 0.261. The van der Waals surface area contributed by atoms with Crippen LogP contribution in [0.15, 0.2) is 0 Å². The van der Waals surface area contributed by atoms with Crippen molar-refractivity contribution >= 4 is 10.0 Å². The summed E-state index contributed by atoms with van der Waals surface area (Å²) in [6.07, 6.45) is 2.70. The molecule has 1 fully saturated rings. The van der Waals surface area contributed by atoms with Crippen molar-refractivity contribution in [2.45, 2.75) is 39.2 Å². The van der Waals surface area contributed by atoms with E-state index < -0.39 is 10.0 Å². The highest BCUT2D eigenvalue weighted by Crippen LogP contribution is 2.09. The molecular weight excluding hydrogens is 212 g/mol. The van der Waals surface area contributed by atoms with E-state index in [4.69, 9.17) is 0 Å². The van der Waals surface area contributed by atoms with Crippen molar-refractivity contribution in [3.05, 3.63) is 0 Å². The predicted molar refractivity (Wildman–Crippen MR) is 62.3 cm³/mol. The SMILES string of the molecule is CCCCN1CC(C)NCCCS1(=O)=O. The van der Waals surface area contributed by atoms with Gasteiger partial charge in [0.15, 0.2) is 0 Å². The Hall–Kier alpha value is -0.130. The van der Waals surface area contributed by atoms with Gasteiger partial charge in [0, 0.05) is 19.1 Å². The van der Waals surface area contributed by atoms with Crippen LogP contribution in [-0.4, -0.2) is 44.2 Å². The quantitative estimate of drug-likeness (QED) is 0.786. The number of nitrogens with one attached hydrogen (secondary N) is 1. The molecule has 0 aromatic rings. The van der Waals surface area contributed by atoms with Gasteiger partial charge in [0.2, 0.25) is 10.0 Å². The second kappa shape index (κ2) is 5.82. The molecule has 0 spiro atoms. The molecule has 1 saturated heterocycles. The first-order valence-electron chi connectivity index (χ1n) is 5.77. The normalized spacial score (nSPS) is 28.3. The molecule has 90 valence electrons. The molecule has 0 bridgehead atoms. The summed E-state index contributed by atoms with van der Waals surface area (Å²) in [5.41, 5.74) is 0. The molecule has 1 atom stereocenters. The van der Waals surface area contributed by atoms with E-state index >= 15 is 0 Å². The first-order chi connectivity index (χ1) is 7.06. The molecule has 4 nitrogen and oxygen atoms in total. The Morgan fingerprint density at radius 1 is 1.47 bits per heavy atom. The van der Waals surface area contributed by atoms with Crippen LogP contribution in [0.25, 0.3) is 0 Å². The van der Waals surface area contributed by atoms with Crippen molar-refractivity contribution in [1.29, 1.82) is 0 Å². The van der Waals surface area contributed by atoms with Crippen molar-refractivity contribution in [2.24, 2.45) is 0 Å². The van der Waals surface area contributed by atoms with Crippen molar-refractivity contribution in [3.63, 3.8) is 0 Å². The summed E-state index contributed by atoms with van der Waals surface area (Å²) in [7, 11) is -3.00. The minimum atomic E-state index is -3.00. The molecule has 1 heterocycles. The Labute approximate surface area is 93.1 Å². The molecule has 0 aromatic carbocycles. The number of hydrogen-bond donors (Lipinski definition) is 1. The van der Waals surface area contributed by atoms with Crippen molar-refractivity contribution < 1.29 is 8.42 Å². The number of unbranched alkanes of at least 4 members (excludes halogenated alkanes) is 1. The topological polar surface area (TPSA) is 49.4 Å². The Bertz CT molecular complexity index is 277. The van der Waals surface area contributed by atoms with Gasteiger partial charge < -0.3 is 5.32 Å². The molecule has 0 amide bonds. The van der Waals surface area contributed by atoms with E-state index in [0.717, 1.165) is 25.8 Å². The number of sulfonamides is 1. The van der Waals surface area contributed by atoms with Gasteiger partial charge >= 0.3 is 0 Å². The summed E-state index contributed by atoms with van der Waals surface area (Å²) >= 11 is 0. The first-order valence-corrected chi connectivity index (χ1v) is 7.38. The lowest BCUT2D eigenvalue weighted by Gasteiger charge is -2.28. The fourth-order valence-electron chi connectivity index (χ4n) is 1.78. The average molecular weight is 234 g/mol. The average Bonchev–Trinajstić information content (AvgIpc) is 2.17. The van der Waals surface area contributed by atoms with Gasteiger partial charge in [-0.05, 0) is 26.3 Å². The lowest BCUT2D eigenvalue weighted by atomic mass is 10.3. The van der Waals surface area contributed by atoms with Gasteiger partial charge in [-0.15, -0.1) is 0 Å². The third-order valence-corrected chi connectivity index (χ3v) is 4.63. The summed E-state index contributed by atoms with van der Waals surface area (Å²) < 4.78 is 25.5. The fraction of sp³-hybridized carbons (Fsp3) is 1.00. The lowest BCUT2D eigenvalue weighted by Crippen LogP contribution is -2.46. The van der Waals surface area contributed by atoms with Crippen LogP contribution < -0.4 is 5.32 Å². The van der Waals surface area contributed by atoms with Crippen LogP contribution in [0, 0.1) is 0 Å². The first kappa shape index (κ1) is 12.9. The number of nitrogens with zero attached hydrogens (tertiary/aromatic N) is 1. The standard InChI is InChI=1S/C10H22N2O2S/c1-3-4-7-12-9-10(2)11-6-5-8-15(12,13)14/h10-11H,3-9H2,1-2H3. The zero-order valence-electron chi connectivity index (χ0n) is 9.70. The van der Waals surface area contributed by atoms with E-state index in [1.54, 1.807) is 4.31 Å².